The van der Waals surface area contributed by atoms with Crippen LogP contribution in [0, 0.1) is 11.3 Å². The highest BCUT2D eigenvalue weighted by Gasteiger charge is 2.65. The Hall–Kier alpha value is -2.37. The normalized spacial score (nSPS) is 23.8. The molecule has 1 saturated carbocycles. The van der Waals surface area contributed by atoms with Crippen molar-refractivity contribution in [1.82, 2.24) is 0 Å². The maximum absolute atomic E-state index is 12.9. The molecule has 1 aromatic rings. The molecule has 1 aromatic carbocycles. The van der Waals surface area contributed by atoms with E-state index >= 15 is 0 Å². The van der Waals surface area contributed by atoms with Gasteiger partial charge >= 0.3 is 11.9 Å². The monoisotopic (exact) mass is 331 g/mol. The number of hydrogen-bond acceptors (Lipinski definition) is 6. The van der Waals surface area contributed by atoms with Crippen molar-refractivity contribution in [1.29, 1.82) is 0 Å². The average molecular weight is 331 g/mol. The highest BCUT2D eigenvalue weighted by Crippen LogP contribution is 2.53. The van der Waals surface area contributed by atoms with Crippen molar-refractivity contribution in [2.45, 2.75) is 26.2 Å². The van der Waals surface area contributed by atoms with Gasteiger partial charge in [0.05, 0.1) is 24.8 Å². The van der Waals surface area contributed by atoms with Gasteiger partial charge in [-0.2, -0.15) is 0 Å². The number of rotatable bonds is 5. The van der Waals surface area contributed by atoms with Gasteiger partial charge in [-0.15, -0.1) is 0 Å². The van der Waals surface area contributed by atoms with Gasteiger partial charge in [-0.1, -0.05) is 35.5 Å². The second kappa shape index (κ2) is 6.63. The molecule has 1 aliphatic carbocycles. The molecule has 0 saturated heterocycles. The first-order valence-corrected chi connectivity index (χ1v) is 8.24. The molecule has 0 spiro atoms. The predicted octanol–water partition coefficient (Wildman–Crippen LogP) is 2.29. The molecule has 0 aromatic heterocycles. The number of carbonyl (C=O) groups excluding carboxylic acids is 2. The highest BCUT2D eigenvalue weighted by atomic mass is 16.6. The molecule has 1 aliphatic heterocycles. The number of hydrogen-bond donors (Lipinski definition) is 0. The lowest BCUT2D eigenvalue weighted by Crippen LogP contribution is -2.45. The van der Waals surface area contributed by atoms with Crippen LogP contribution in [-0.4, -0.2) is 37.5 Å². The zero-order chi connectivity index (χ0) is 17.2. The fourth-order valence-electron chi connectivity index (χ4n) is 3.68. The van der Waals surface area contributed by atoms with Crippen LogP contribution >= 0.6 is 0 Å². The van der Waals surface area contributed by atoms with E-state index in [1.54, 1.807) is 13.8 Å². The van der Waals surface area contributed by atoms with Crippen LogP contribution in [0.15, 0.2) is 35.5 Å². The van der Waals surface area contributed by atoms with Crippen LogP contribution in [0.1, 0.15) is 31.7 Å². The summed E-state index contributed by atoms with van der Waals surface area (Å²) in [5, 5.41) is 4.14. The maximum Gasteiger partial charge on any atom is 0.324 e. The van der Waals surface area contributed by atoms with Crippen molar-refractivity contribution in [2.24, 2.45) is 16.5 Å². The molecule has 0 radical (unpaired) electrons. The lowest BCUT2D eigenvalue weighted by Gasteiger charge is -2.31. The number of fused-ring (bicyclic) bond motifs is 1. The number of oxime groups is 1. The van der Waals surface area contributed by atoms with E-state index in [0.717, 1.165) is 11.3 Å². The average Bonchev–Trinajstić information content (AvgIpc) is 3.15. The molecule has 0 bridgehead atoms. The molecule has 0 N–H and O–H groups in total. The van der Waals surface area contributed by atoms with Gasteiger partial charge in [0.2, 0.25) is 0 Å². The van der Waals surface area contributed by atoms with E-state index in [1.807, 2.05) is 30.3 Å². The summed E-state index contributed by atoms with van der Waals surface area (Å²) in [5.41, 5.74) is 0.161. The lowest BCUT2D eigenvalue weighted by atomic mass is 9.73. The van der Waals surface area contributed by atoms with Gasteiger partial charge in [-0.25, -0.2) is 0 Å². The summed E-state index contributed by atoms with van der Waals surface area (Å²) in [6, 6.07) is 9.42. The summed E-state index contributed by atoms with van der Waals surface area (Å²) < 4.78 is 10.6. The van der Waals surface area contributed by atoms with Crippen molar-refractivity contribution in [2.75, 3.05) is 19.8 Å². The van der Waals surface area contributed by atoms with Crippen LogP contribution in [0.3, 0.4) is 0 Å². The molecule has 128 valence electrons. The van der Waals surface area contributed by atoms with E-state index < -0.39 is 23.3 Å². The van der Waals surface area contributed by atoms with E-state index in [2.05, 4.69) is 5.16 Å². The van der Waals surface area contributed by atoms with Gasteiger partial charge < -0.3 is 14.3 Å². The summed E-state index contributed by atoms with van der Waals surface area (Å²) >= 11 is 0. The molecule has 1 fully saturated rings. The van der Waals surface area contributed by atoms with Gasteiger partial charge in [-0.05, 0) is 25.8 Å². The van der Waals surface area contributed by atoms with Gasteiger partial charge in [0, 0.05) is 5.92 Å². The molecule has 0 unspecified atom stereocenters. The van der Waals surface area contributed by atoms with Gasteiger partial charge in [0.1, 0.15) is 6.61 Å². The van der Waals surface area contributed by atoms with E-state index in [4.69, 9.17) is 14.3 Å². The molecule has 2 atom stereocenters. The number of esters is 2. The molecule has 2 aliphatic rings. The van der Waals surface area contributed by atoms with Crippen molar-refractivity contribution >= 4 is 17.7 Å². The van der Waals surface area contributed by atoms with Gasteiger partial charge in [-0.3, -0.25) is 9.59 Å². The summed E-state index contributed by atoms with van der Waals surface area (Å²) in [7, 11) is 0. The van der Waals surface area contributed by atoms with Crippen LogP contribution in [-0.2, 0) is 23.9 Å². The minimum Gasteiger partial charge on any atom is -0.465 e. The summed E-state index contributed by atoms with van der Waals surface area (Å²) in [6.07, 6.45) is 0.295. The summed E-state index contributed by atoms with van der Waals surface area (Å²) in [5.74, 6) is -1.70. The highest BCUT2D eigenvalue weighted by molar-refractivity contribution is 6.12. The van der Waals surface area contributed by atoms with Gasteiger partial charge in [0.15, 0.2) is 5.41 Å². The number of carbonyl (C=O) groups is 2. The van der Waals surface area contributed by atoms with Crippen LogP contribution in [0.2, 0.25) is 0 Å². The Labute approximate surface area is 140 Å². The Morgan fingerprint density at radius 2 is 1.79 bits per heavy atom. The Bertz CT molecular complexity index is 637. The second-order valence-corrected chi connectivity index (χ2v) is 5.97. The molecule has 24 heavy (non-hydrogen) atoms. The first-order valence-electron chi connectivity index (χ1n) is 8.24. The smallest absolute Gasteiger partial charge is 0.324 e. The van der Waals surface area contributed by atoms with Crippen molar-refractivity contribution in [3.63, 3.8) is 0 Å². The quantitative estimate of drug-likeness (QED) is 0.611. The Balaban J connectivity index is 2.13. The van der Waals surface area contributed by atoms with Crippen LogP contribution in [0.5, 0.6) is 0 Å². The van der Waals surface area contributed by atoms with Gasteiger partial charge in [0.25, 0.3) is 0 Å². The van der Waals surface area contributed by atoms with Crippen molar-refractivity contribution in [3.8, 4) is 0 Å². The SMILES string of the molecule is CCOC(=O)C1(C(=O)OCC)C[C@@H]2CON=C2[C@@H]1c1ccccc1. The number of nitrogens with zero attached hydrogens (tertiary/aromatic N) is 1. The third-order valence-corrected chi connectivity index (χ3v) is 4.63. The second-order valence-electron chi connectivity index (χ2n) is 5.97. The largest absolute Gasteiger partial charge is 0.465 e. The standard InChI is InChI=1S/C18H21NO5/c1-3-22-16(20)18(17(21)23-4-2)10-13-11-24-19-15(13)14(18)12-8-6-5-7-9-12/h5-9,13-14H,3-4,10-11H2,1-2H3/t13-,14+/m1/s1. The summed E-state index contributed by atoms with van der Waals surface area (Å²) in [6.45, 7) is 4.24. The van der Waals surface area contributed by atoms with Crippen LogP contribution < -0.4 is 0 Å². The Morgan fingerprint density at radius 3 is 2.38 bits per heavy atom. The van der Waals surface area contributed by atoms with Crippen molar-refractivity contribution in [3.05, 3.63) is 35.9 Å². The van der Waals surface area contributed by atoms with Crippen LogP contribution in [0.25, 0.3) is 0 Å². The Kier molecular flexibility index (Phi) is 4.55. The third kappa shape index (κ3) is 2.46. The minimum absolute atomic E-state index is 0.0796. The molecule has 6 nitrogen and oxygen atoms in total. The molecule has 0 amide bonds. The molecular weight excluding hydrogens is 310 g/mol. The zero-order valence-electron chi connectivity index (χ0n) is 13.9. The van der Waals surface area contributed by atoms with E-state index in [-0.39, 0.29) is 19.1 Å². The summed E-state index contributed by atoms with van der Waals surface area (Å²) in [4.78, 5) is 31.0. The third-order valence-electron chi connectivity index (χ3n) is 4.63. The lowest BCUT2D eigenvalue weighted by molar-refractivity contribution is -0.173. The number of ether oxygens (including phenoxy) is 2. The first-order chi connectivity index (χ1) is 11.6. The van der Waals surface area contributed by atoms with E-state index in [0.29, 0.717) is 13.0 Å². The van der Waals surface area contributed by atoms with E-state index in [1.165, 1.54) is 0 Å². The fourth-order valence-corrected chi connectivity index (χ4v) is 3.68. The predicted molar refractivity (Wildman–Crippen MR) is 86.4 cm³/mol. The van der Waals surface area contributed by atoms with Crippen molar-refractivity contribution < 1.29 is 23.9 Å². The van der Waals surface area contributed by atoms with E-state index in [9.17, 15) is 9.59 Å². The number of benzene rings is 1. The maximum atomic E-state index is 12.9. The van der Waals surface area contributed by atoms with Crippen LogP contribution in [0.4, 0.5) is 0 Å². The molecule has 1 heterocycles. The molecule has 3 rings (SSSR count). The Morgan fingerprint density at radius 1 is 1.17 bits per heavy atom. The topological polar surface area (TPSA) is 74.2 Å². The minimum atomic E-state index is -1.40. The fraction of sp³-hybridized carbons (Fsp3) is 0.500. The molecule has 6 heteroatoms. The molecular formula is C18H21NO5. The first kappa shape index (κ1) is 16.5. The zero-order valence-corrected chi connectivity index (χ0v) is 13.9.